The van der Waals surface area contributed by atoms with E-state index < -0.39 is 0 Å². The summed E-state index contributed by atoms with van der Waals surface area (Å²) in [6, 6.07) is 13.7. The van der Waals surface area contributed by atoms with Crippen molar-refractivity contribution in [1.29, 1.82) is 0 Å². The maximum absolute atomic E-state index is 13.2. The van der Waals surface area contributed by atoms with Crippen LogP contribution in [-0.2, 0) is 4.79 Å². The quantitative estimate of drug-likeness (QED) is 0.400. The molecule has 1 fully saturated rings. The molecule has 5 nitrogen and oxygen atoms in total. The minimum absolute atomic E-state index is 0.00130. The van der Waals surface area contributed by atoms with Gasteiger partial charge in [-0.05, 0) is 48.9 Å². The van der Waals surface area contributed by atoms with Gasteiger partial charge in [0.05, 0.1) is 16.7 Å². The Balaban J connectivity index is 1.60. The van der Waals surface area contributed by atoms with Crippen molar-refractivity contribution in [2.24, 2.45) is 0 Å². The molecule has 0 saturated heterocycles. The maximum Gasteiger partial charge on any atom is 0.262 e. The second kappa shape index (κ2) is 9.27. The molecule has 1 heterocycles. The Labute approximate surface area is 187 Å². The highest BCUT2D eigenvalue weighted by atomic mass is 32.2. The van der Waals surface area contributed by atoms with Crippen molar-refractivity contribution >= 4 is 34.3 Å². The molecular formula is C25H29N3O2S. The molecule has 1 N–H and O–H groups in total. The maximum atomic E-state index is 13.2. The summed E-state index contributed by atoms with van der Waals surface area (Å²) in [5, 5.41) is 4.38. The summed E-state index contributed by atoms with van der Waals surface area (Å²) in [6.45, 7) is 6.26. The van der Waals surface area contributed by atoms with Crippen molar-refractivity contribution in [2.75, 3.05) is 11.1 Å². The standard InChI is InChI=1S/C25H29N3O2S/c1-16(2)19-13-8-9-17(3)23(19)27-22(29)15-31-25-26-21-14-7-6-12-20(21)24(30)28(25)18-10-4-5-11-18/h6-9,12-14,16,18H,4-5,10-11,15H2,1-3H3,(H,27,29). The number of rotatable bonds is 6. The minimum Gasteiger partial charge on any atom is -0.325 e. The highest BCUT2D eigenvalue weighted by Gasteiger charge is 2.23. The summed E-state index contributed by atoms with van der Waals surface area (Å²) in [7, 11) is 0. The number of thioether (sulfide) groups is 1. The van der Waals surface area contributed by atoms with Crippen LogP contribution in [0.25, 0.3) is 10.9 Å². The molecule has 0 atom stereocenters. The number of anilines is 1. The molecule has 0 unspecified atom stereocenters. The molecule has 1 amide bonds. The van der Waals surface area contributed by atoms with Crippen LogP contribution in [0.3, 0.4) is 0 Å². The van der Waals surface area contributed by atoms with E-state index in [1.165, 1.54) is 11.8 Å². The van der Waals surface area contributed by atoms with Gasteiger partial charge >= 0.3 is 0 Å². The lowest BCUT2D eigenvalue weighted by molar-refractivity contribution is -0.113. The summed E-state index contributed by atoms with van der Waals surface area (Å²) in [5.41, 5.74) is 3.76. The first-order valence-corrected chi connectivity index (χ1v) is 12.0. The number of aromatic nitrogens is 2. The molecule has 0 radical (unpaired) electrons. The van der Waals surface area contributed by atoms with Gasteiger partial charge in [0.2, 0.25) is 5.91 Å². The first-order valence-electron chi connectivity index (χ1n) is 11.0. The largest absolute Gasteiger partial charge is 0.325 e. The minimum atomic E-state index is -0.0819. The van der Waals surface area contributed by atoms with E-state index in [1.807, 2.05) is 47.9 Å². The second-order valence-electron chi connectivity index (χ2n) is 8.56. The number of benzene rings is 2. The Kier molecular flexibility index (Phi) is 6.46. The van der Waals surface area contributed by atoms with E-state index in [2.05, 4.69) is 25.2 Å². The second-order valence-corrected chi connectivity index (χ2v) is 9.50. The van der Waals surface area contributed by atoms with Crippen LogP contribution in [-0.4, -0.2) is 21.2 Å². The summed E-state index contributed by atoms with van der Waals surface area (Å²) < 4.78 is 1.83. The average Bonchev–Trinajstić information content (AvgIpc) is 3.28. The van der Waals surface area contributed by atoms with Gasteiger partial charge in [-0.3, -0.25) is 14.2 Å². The molecule has 1 saturated carbocycles. The van der Waals surface area contributed by atoms with Crippen molar-refractivity contribution in [3.8, 4) is 0 Å². The number of para-hydroxylation sites is 2. The Bertz CT molecular complexity index is 1160. The number of nitrogens with one attached hydrogen (secondary N) is 1. The molecule has 1 aromatic heterocycles. The van der Waals surface area contributed by atoms with Gasteiger partial charge < -0.3 is 5.32 Å². The van der Waals surface area contributed by atoms with E-state index >= 15 is 0 Å². The smallest absolute Gasteiger partial charge is 0.262 e. The fourth-order valence-electron chi connectivity index (χ4n) is 4.36. The zero-order valence-corrected chi connectivity index (χ0v) is 19.2. The number of fused-ring (bicyclic) bond motifs is 1. The first kappa shape index (κ1) is 21.6. The SMILES string of the molecule is Cc1cccc(C(C)C)c1NC(=O)CSc1nc2ccccc2c(=O)n1C1CCCC1. The van der Waals surface area contributed by atoms with Gasteiger partial charge in [-0.1, -0.05) is 68.8 Å². The van der Waals surface area contributed by atoms with Crippen molar-refractivity contribution < 1.29 is 4.79 Å². The third-order valence-electron chi connectivity index (χ3n) is 5.99. The van der Waals surface area contributed by atoms with Crippen LogP contribution in [0.1, 0.15) is 62.6 Å². The third kappa shape index (κ3) is 4.54. The van der Waals surface area contributed by atoms with Gasteiger partial charge in [0, 0.05) is 11.7 Å². The average molecular weight is 436 g/mol. The van der Waals surface area contributed by atoms with E-state index in [-0.39, 0.29) is 23.3 Å². The molecule has 6 heteroatoms. The Morgan fingerprint density at radius 3 is 2.65 bits per heavy atom. The molecule has 2 aromatic carbocycles. The predicted molar refractivity (Wildman–Crippen MR) is 128 cm³/mol. The van der Waals surface area contributed by atoms with Crippen LogP contribution in [0.4, 0.5) is 5.69 Å². The van der Waals surface area contributed by atoms with Gasteiger partial charge in [-0.25, -0.2) is 4.98 Å². The van der Waals surface area contributed by atoms with E-state index in [0.717, 1.165) is 42.5 Å². The summed E-state index contributed by atoms with van der Waals surface area (Å²) in [4.78, 5) is 30.9. The zero-order valence-electron chi connectivity index (χ0n) is 18.4. The number of nitrogens with zero attached hydrogens (tertiary/aromatic N) is 2. The first-order chi connectivity index (χ1) is 15.0. The summed E-state index contributed by atoms with van der Waals surface area (Å²) in [6.07, 6.45) is 4.22. The van der Waals surface area contributed by atoms with Crippen LogP contribution in [0, 0.1) is 6.92 Å². The van der Waals surface area contributed by atoms with Gasteiger partial charge in [0.25, 0.3) is 5.56 Å². The number of amides is 1. The Morgan fingerprint density at radius 2 is 1.90 bits per heavy atom. The molecule has 162 valence electrons. The lowest BCUT2D eigenvalue weighted by atomic mass is 9.98. The zero-order chi connectivity index (χ0) is 22.0. The van der Waals surface area contributed by atoms with Crippen LogP contribution < -0.4 is 10.9 Å². The van der Waals surface area contributed by atoms with E-state index in [9.17, 15) is 9.59 Å². The molecule has 0 bridgehead atoms. The molecule has 4 rings (SSSR count). The number of carbonyl (C=O) groups excluding carboxylic acids is 1. The summed E-state index contributed by atoms with van der Waals surface area (Å²) in [5.74, 6) is 0.447. The predicted octanol–water partition coefficient (Wildman–Crippen LogP) is 5.67. The lowest BCUT2D eigenvalue weighted by Crippen LogP contribution is -2.27. The number of hydrogen-bond acceptors (Lipinski definition) is 4. The Morgan fingerprint density at radius 1 is 1.16 bits per heavy atom. The van der Waals surface area contributed by atoms with E-state index in [1.54, 1.807) is 0 Å². The van der Waals surface area contributed by atoms with Crippen LogP contribution in [0.2, 0.25) is 0 Å². The van der Waals surface area contributed by atoms with Crippen molar-refractivity contribution in [2.45, 2.75) is 63.6 Å². The van der Waals surface area contributed by atoms with Crippen LogP contribution in [0.15, 0.2) is 52.4 Å². The number of aryl methyl sites for hydroxylation is 1. The van der Waals surface area contributed by atoms with Crippen molar-refractivity contribution in [3.05, 3.63) is 63.9 Å². The lowest BCUT2D eigenvalue weighted by Gasteiger charge is -2.19. The summed E-state index contributed by atoms with van der Waals surface area (Å²) >= 11 is 1.35. The van der Waals surface area contributed by atoms with E-state index in [4.69, 9.17) is 4.98 Å². The number of hydrogen-bond donors (Lipinski definition) is 1. The van der Waals surface area contributed by atoms with Crippen LogP contribution >= 0.6 is 11.8 Å². The molecular weight excluding hydrogens is 406 g/mol. The molecule has 0 spiro atoms. The van der Waals surface area contributed by atoms with Gasteiger partial charge in [-0.2, -0.15) is 0 Å². The van der Waals surface area contributed by atoms with Gasteiger partial charge in [-0.15, -0.1) is 0 Å². The molecule has 1 aliphatic carbocycles. The fourth-order valence-corrected chi connectivity index (χ4v) is 5.23. The molecule has 0 aliphatic heterocycles. The fraction of sp³-hybridized carbons (Fsp3) is 0.400. The molecule has 3 aromatic rings. The van der Waals surface area contributed by atoms with E-state index in [0.29, 0.717) is 22.0 Å². The van der Waals surface area contributed by atoms with Crippen molar-refractivity contribution in [1.82, 2.24) is 9.55 Å². The van der Waals surface area contributed by atoms with Crippen LogP contribution in [0.5, 0.6) is 0 Å². The van der Waals surface area contributed by atoms with Gasteiger partial charge in [0.1, 0.15) is 0 Å². The number of carbonyl (C=O) groups is 1. The van der Waals surface area contributed by atoms with Crippen molar-refractivity contribution in [3.63, 3.8) is 0 Å². The Hall–Kier alpha value is -2.60. The molecule has 1 aliphatic rings. The molecule has 31 heavy (non-hydrogen) atoms. The normalized spacial score (nSPS) is 14.5. The topological polar surface area (TPSA) is 64.0 Å². The van der Waals surface area contributed by atoms with Gasteiger partial charge in [0.15, 0.2) is 5.16 Å². The third-order valence-corrected chi connectivity index (χ3v) is 6.94. The highest BCUT2D eigenvalue weighted by molar-refractivity contribution is 7.99. The monoisotopic (exact) mass is 435 g/mol. The highest BCUT2D eigenvalue weighted by Crippen LogP contribution is 2.32.